The maximum Gasteiger partial charge on any atom is 0.310 e. The van der Waals surface area contributed by atoms with Gasteiger partial charge in [-0.05, 0) is 49.9 Å². The van der Waals surface area contributed by atoms with Gasteiger partial charge in [0.2, 0.25) is 0 Å². The average molecular weight is 364 g/mol. The average Bonchev–Trinajstić information content (AvgIpc) is 2.67. The molecule has 1 N–H and O–H groups in total. The lowest BCUT2D eigenvalue weighted by Gasteiger charge is -2.31. The van der Waals surface area contributed by atoms with E-state index in [1.54, 1.807) is 6.07 Å². The number of aromatic hydroxyl groups is 1. The van der Waals surface area contributed by atoms with Crippen LogP contribution < -0.4 is 0 Å². The molecule has 1 fully saturated rings. The zero-order valence-corrected chi connectivity index (χ0v) is 15.3. The van der Waals surface area contributed by atoms with E-state index in [0.29, 0.717) is 5.56 Å². The lowest BCUT2D eigenvalue weighted by atomic mass is 9.90. The van der Waals surface area contributed by atoms with Crippen molar-refractivity contribution in [2.75, 3.05) is 19.6 Å². The van der Waals surface area contributed by atoms with E-state index in [0.717, 1.165) is 38.4 Å². The number of phenols is 1. The van der Waals surface area contributed by atoms with Crippen molar-refractivity contribution in [1.82, 2.24) is 4.90 Å². The van der Waals surface area contributed by atoms with Crippen LogP contribution in [0.3, 0.4) is 0 Å². The normalized spacial score (nSPS) is 15.1. The van der Waals surface area contributed by atoms with Gasteiger partial charge in [0.1, 0.15) is 0 Å². The van der Waals surface area contributed by atoms with Gasteiger partial charge in [-0.3, -0.25) is 10.1 Å². The highest BCUT2D eigenvalue weighted by atomic mass is 16.6. The summed E-state index contributed by atoms with van der Waals surface area (Å²) in [5.41, 5.74) is 1.73. The topological polar surface area (TPSA) is 66.6 Å². The Hall–Kier alpha value is -2.84. The van der Waals surface area contributed by atoms with Crippen molar-refractivity contribution in [1.29, 1.82) is 0 Å². The Bertz CT molecular complexity index is 832. The first-order valence-corrected chi connectivity index (χ1v) is 9.34. The largest absolute Gasteiger partial charge is 0.502 e. The Morgan fingerprint density at radius 1 is 1.15 bits per heavy atom. The number of rotatable bonds is 5. The van der Waals surface area contributed by atoms with Crippen molar-refractivity contribution in [2.45, 2.75) is 25.7 Å². The number of piperidine rings is 1. The molecule has 5 heteroatoms. The smallest absolute Gasteiger partial charge is 0.310 e. The van der Waals surface area contributed by atoms with Crippen LogP contribution in [0, 0.1) is 27.9 Å². The molecule has 2 aromatic carbocycles. The molecule has 27 heavy (non-hydrogen) atoms. The molecule has 0 amide bonds. The third-order valence-corrected chi connectivity index (χ3v) is 5.03. The highest BCUT2D eigenvalue weighted by molar-refractivity contribution is 5.51. The minimum Gasteiger partial charge on any atom is -0.502 e. The molecule has 0 bridgehead atoms. The number of hydrogen-bond acceptors (Lipinski definition) is 4. The molecule has 0 radical (unpaired) electrons. The lowest BCUT2D eigenvalue weighted by molar-refractivity contribution is -0.385. The van der Waals surface area contributed by atoms with Gasteiger partial charge in [-0.25, -0.2) is 0 Å². The van der Waals surface area contributed by atoms with E-state index < -0.39 is 4.92 Å². The van der Waals surface area contributed by atoms with Crippen molar-refractivity contribution in [3.8, 4) is 17.6 Å². The molecule has 0 saturated carbocycles. The summed E-state index contributed by atoms with van der Waals surface area (Å²) in [7, 11) is 0. The molecule has 140 valence electrons. The Kier molecular flexibility index (Phi) is 6.45. The number of hydrogen-bond donors (Lipinski definition) is 1. The fourth-order valence-corrected chi connectivity index (χ4v) is 3.50. The predicted molar refractivity (Wildman–Crippen MR) is 106 cm³/mol. The maximum absolute atomic E-state index is 10.7. The molecule has 0 aromatic heterocycles. The van der Waals surface area contributed by atoms with Crippen LogP contribution in [0.15, 0.2) is 48.5 Å². The summed E-state index contributed by atoms with van der Waals surface area (Å²) >= 11 is 0. The van der Waals surface area contributed by atoms with Crippen molar-refractivity contribution in [2.24, 2.45) is 5.92 Å². The van der Waals surface area contributed by atoms with Gasteiger partial charge in [-0.15, -0.1) is 0 Å². The van der Waals surface area contributed by atoms with Gasteiger partial charge in [0.25, 0.3) is 0 Å². The van der Waals surface area contributed by atoms with Gasteiger partial charge in [-0.2, -0.15) is 0 Å². The first kappa shape index (κ1) is 18.9. The van der Waals surface area contributed by atoms with E-state index in [1.165, 1.54) is 30.5 Å². The molecule has 2 aromatic rings. The predicted octanol–water partition coefficient (Wildman–Crippen LogP) is 4.00. The lowest BCUT2D eigenvalue weighted by Crippen LogP contribution is -2.34. The van der Waals surface area contributed by atoms with E-state index in [2.05, 4.69) is 47.1 Å². The third kappa shape index (κ3) is 5.57. The Morgan fingerprint density at radius 3 is 2.56 bits per heavy atom. The molecule has 3 rings (SSSR count). The molecule has 1 heterocycles. The SMILES string of the molecule is O=[N+]([O-])c1ccc(C#CCCN2CCC(Cc3ccccc3)CC2)cc1O. The van der Waals surface area contributed by atoms with Crippen LogP contribution in [0.5, 0.6) is 5.75 Å². The number of likely N-dealkylation sites (tertiary alicyclic amines) is 1. The second-order valence-electron chi connectivity index (χ2n) is 6.99. The minimum absolute atomic E-state index is 0.293. The van der Waals surface area contributed by atoms with Crippen LogP contribution >= 0.6 is 0 Å². The van der Waals surface area contributed by atoms with Gasteiger partial charge >= 0.3 is 5.69 Å². The van der Waals surface area contributed by atoms with Gasteiger partial charge in [0.05, 0.1) is 4.92 Å². The number of nitrogens with zero attached hydrogens (tertiary/aromatic N) is 2. The Labute approximate surface area is 159 Å². The second-order valence-corrected chi connectivity index (χ2v) is 6.99. The highest BCUT2D eigenvalue weighted by Crippen LogP contribution is 2.26. The molecule has 0 spiro atoms. The standard InChI is InChI=1S/C22H24N2O3/c25-22-17-19(9-10-21(22)24(26)27)8-4-5-13-23-14-11-20(12-15-23)16-18-6-2-1-3-7-18/h1-3,6-7,9-10,17,20,25H,5,11-16H2. The van der Waals surface area contributed by atoms with Crippen molar-refractivity contribution in [3.05, 3.63) is 69.8 Å². The summed E-state index contributed by atoms with van der Waals surface area (Å²) in [6.07, 6.45) is 4.36. The fraction of sp³-hybridized carbons (Fsp3) is 0.364. The van der Waals surface area contributed by atoms with Crippen LogP contribution in [-0.2, 0) is 6.42 Å². The number of benzene rings is 2. The quantitative estimate of drug-likeness (QED) is 0.495. The molecule has 0 aliphatic carbocycles. The molecule has 5 nitrogen and oxygen atoms in total. The molecule has 1 aliphatic rings. The Balaban J connectivity index is 1.41. The van der Waals surface area contributed by atoms with E-state index in [1.807, 2.05) is 0 Å². The van der Waals surface area contributed by atoms with Gasteiger partial charge in [0, 0.05) is 30.7 Å². The molecule has 1 aliphatic heterocycles. The molecule has 0 unspecified atom stereocenters. The third-order valence-electron chi connectivity index (χ3n) is 5.03. The van der Waals surface area contributed by atoms with E-state index >= 15 is 0 Å². The molecule has 1 saturated heterocycles. The van der Waals surface area contributed by atoms with Crippen LogP contribution in [0.1, 0.15) is 30.4 Å². The van der Waals surface area contributed by atoms with Crippen LogP contribution in [0.4, 0.5) is 5.69 Å². The molecule has 0 atom stereocenters. The summed E-state index contributed by atoms with van der Waals surface area (Å²) in [4.78, 5) is 12.5. The first-order valence-electron chi connectivity index (χ1n) is 9.34. The summed E-state index contributed by atoms with van der Waals surface area (Å²) in [5, 5.41) is 20.3. The number of nitro groups is 1. The minimum atomic E-state index is -0.603. The monoisotopic (exact) mass is 364 g/mol. The summed E-state index contributed by atoms with van der Waals surface area (Å²) in [6.45, 7) is 3.15. The number of phenolic OH excluding ortho intramolecular Hbond substituents is 1. The van der Waals surface area contributed by atoms with E-state index in [-0.39, 0.29) is 11.4 Å². The maximum atomic E-state index is 10.7. The second kappa shape index (κ2) is 9.20. The summed E-state index contributed by atoms with van der Waals surface area (Å²) < 4.78 is 0. The van der Waals surface area contributed by atoms with Gasteiger partial charge in [-0.1, -0.05) is 42.2 Å². The molecular weight excluding hydrogens is 340 g/mol. The Morgan fingerprint density at radius 2 is 1.89 bits per heavy atom. The zero-order valence-electron chi connectivity index (χ0n) is 15.3. The van der Waals surface area contributed by atoms with E-state index in [4.69, 9.17) is 0 Å². The van der Waals surface area contributed by atoms with Crippen molar-refractivity contribution >= 4 is 5.69 Å². The summed E-state index contributed by atoms with van der Waals surface area (Å²) in [5.74, 6) is 6.50. The van der Waals surface area contributed by atoms with Crippen LogP contribution in [0.25, 0.3) is 0 Å². The molecular formula is C22H24N2O3. The van der Waals surface area contributed by atoms with Crippen LogP contribution in [-0.4, -0.2) is 34.6 Å². The highest BCUT2D eigenvalue weighted by Gasteiger charge is 2.18. The number of nitro benzene ring substituents is 1. The summed E-state index contributed by atoms with van der Waals surface area (Å²) in [6, 6.07) is 14.9. The van der Waals surface area contributed by atoms with Crippen molar-refractivity contribution in [3.63, 3.8) is 0 Å². The van der Waals surface area contributed by atoms with Crippen molar-refractivity contribution < 1.29 is 10.0 Å². The fourth-order valence-electron chi connectivity index (χ4n) is 3.50. The van der Waals surface area contributed by atoms with Crippen LogP contribution in [0.2, 0.25) is 0 Å². The zero-order chi connectivity index (χ0) is 19.1. The van der Waals surface area contributed by atoms with Gasteiger partial charge < -0.3 is 10.0 Å². The van der Waals surface area contributed by atoms with E-state index in [9.17, 15) is 15.2 Å². The first-order chi connectivity index (χ1) is 13.1. The van der Waals surface area contributed by atoms with Gasteiger partial charge in [0.15, 0.2) is 5.75 Å².